The molecule has 0 aliphatic heterocycles. The van der Waals surface area contributed by atoms with Crippen LogP contribution in [-0.4, -0.2) is 15.9 Å². The van der Waals surface area contributed by atoms with E-state index >= 15 is 0 Å². The van der Waals surface area contributed by atoms with Gasteiger partial charge in [-0.2, -0.15) is 18.2 Å². The number of rotatable bonds is 3. The minimum absolute atomic E-state index is 0.124. The van der Waals surface area contributed by atoms with E-state index in [2.05, 4.69) is 15.3 Å². The molecule has 0 unspecified atom stereocenters. The first-order chi connectivity index (χ1) is 11.2. The van der Waals surface area contributed by atoms with Crippen LogP contribution >= 0.6 is 0 Å². The number of halogens is 3. The molecule has 0 spiro atoms. The number of nitrogens with one attached hydrogen (secondary N) is 2. The Bertz CT molecular complexity index is 837. The summed E-state index contributed by atoms with van der Waals surface area (Å²) >= 11 is 0. The van der Waals surface area contributed by atoms with Gasteiger partial charge in [-0.15, -0.1) is 0 Å². The van der Waals surface area contributed by atoms with Crippen LogP contribution in [0.3, 0.4) is 0 Å². The number of aromatic nitrogens is 2. The van der Waals surface area contributed by atoms with Gasteiger partial charge in [0.2, 0.25) is 5.91 Å². The largest absolute Gasteiger partial charge is 0.416 e. The number of amides is 1. The summed E-state index contributed by atoms with van der Waals surface area (Å²) in [5, 5.41) is 2.58. The van der Waals surface area contributed by atoms with Gasteiger partial charge in [0.25, 0.3) is 0 Å². The van der Waals surface area contributed by atoms with Gasteiger partial charge in [-0.1, -0.05) is 12.1 Å². The quantitative estimate of drug-likeness (QED) is 0.904. The van der Waals surface area contributed by atoms with E-state index in [4.69, 9.17) is 0 Å². The van der Waals surface area contributed by atoms with E-state index in [-0.39, 0.29) is 11.7 Å². The molecule has 1 aromatic heterocycles. The first kappa shape index (κ1) is 16.2. The number of nitrogens with zero attached hydrogens (tertiary/aromatic N) is 1. The number of hydrogen-bond acceptors (Lipinski definition) is 3. The molecule has 1 aliphatic carbocycles. The van der Waals surface area contributed by atoms with Gasteiger partial charge < -0.3 is 10.3 Å². The molecule has 1 aromatic carbocycles. The molecule has 126 valence electrons. The van der Waals surface area contributed by atoms with Gasteiger partial charge in [0.15, 0.2) is 0 Å². The van der Waals surface area contributed by atoms with E-state index in [1.165, 1.54) is 18.2 Å². The van der Waals surface area contributed by atoms with Crippen LogP contribution < -0.4 is 11.0 Å². The third-order valence-corrected chi connectivity index (χ3v) is 4.07. The van der Waals surface area contributed by atoms with Crippen LogP contribution in [0.25, 0.3) is 0 Å². The van der Waals surface area contributed by atoms with Crippen LogP contribution in [0.5, 0.6) is 0 Å². The highest BCUT2D eigenvalue weighted by molar-refractivity contribution is 6.00. The topological polar surface area (TPSA) is 74.8 Å². The summed E-state index contributed by atoms with van der Waals surface area (Å²) in [5.41, 5.74) is -1.12. The van der Waals surface area contributed by atoms with Crippen molar-refractivity contribution < 1.29 is 18.0 Å². The molecule has 1 fully saturated rings. The van der Waals surface area contributed by atoms with Gasteiger partial charge in [-0.3, -0.25) is 4.79 Å². The van der Waals surface area contributed by atoms with Crippen molar-refractivity contribution in [3.63, 3.8) is 0 Å². The third-order valence-electron chi connectivity index (χ3n) is 4.07. The van der Waals surface area contributed by atoms with Crippen molar-refractivity contribution in [1.82, 2.24) is 9.97 Å². The summed E-state index contributed by atoms with van der Waals surface area (Å²) < 4.78 is 37.9. The predicted octanol–water partition coefficient (Wildman–Crippen LogP) is 2.77. The average molecular weight is 337 g/mol. The molecular formula is C16H14F3N3O2. The molecule has 0 radical (unpaired) electrons. The Balaban J connectivity index is 1.83. The number of aryl methyl sites for hydroxylation is 1. The number of benzene rings is 1. The Hall–Kier alpha value is -2.64. The van der Waals surface area contributed by atoms with E-state index in [0.717, 1.165) is 12.1 Å². The smallest absolute Gasteiger partial charge is 0.310 e. The van der Waals surface area contributed by atoms with Crippen LogP contribution in [-0.2, 0) is 16.4 Å². The van der Waals surface area contributed by atoms with Crippen molar-refractivity contribution in [2.24, 2.45) is 0 Å². The fourth-order valence-corrected chi connectivity index (χ4v) is 2.63. The Labute approximate surface area is 134 Å². The zero-order valence-corrected chi connectivity index (χ0v) is 12.7. The minimum Gasteiger partial charge on any atom is -0.310 e. The number of H-pyrrole nitrogens is 1. The summed E-state index contributed by atoms with van der Waals surface area (Å²) in [5.74, 6) is -0.251. The average Bonchev–Trinajstić information content (AvgIpc) is 3.27. The maximum atomic E-state index is 12.6. The van der Waals surface area contributed by atoms with Gasteiger partial charge in [0.1, 0.15) is 5.82 Å². The first-order valence-electron chi connectivity index (χ1n) is 7.28. The number of carbonyl (C=O) groups is 1. The van der Waals surface area contributed by atoms with Gasteiger partial charge >= 0.3 is 11.9 Å². The number of hydrogen-bond donors (Lipinski definition) is 2. The van der Waals surface area contributed by atoms with Gasteiger partial charge in [-0.05, 0) is 37.5 Å². The Morgan fingerprint density at radius 1 is 1.25 bits per heavy atom. The molecule has 2 N–H and O–H groups in total. The molecule has 1 heterocycles. The van der Waals surface area contributed by atoms with Crippen molar-refractivity contribution in [2.75, 3.05) is 5.32 Å². The summed E-state index contributed by atoms with van der Waals surface area (Å²) in [6.07, 6.45) is -3.34. The van der Waals surface area contributed by atoms with Crippen molar-refractivity contribution in [1.29, 1.82) is 0 Å². The highest BCUT2D eigenvalue weighted by atomic mass is 19.4. The number of carbonyl (C=O) groups excluding carboxylic acids is 1. The standard InChI is InChI=1S/C16H14F3N3O2/c1-9-8-12(22-14(24)20-9)21-13(23)15(6-7-15)10-2-4-11(5-3-10)16(17,18)19/h2-5,8H,6-7H2,1H3,(H2,20,21,22,23,24). The molecule has 8 heteroatoms. The van der Waals surface area contributed by atoms with E-state index < -0.39 is 22.8 Å². The van der Waals surface area contributed by atoms with Gasteiger partial charge in [0, 0.05) is 11.8 Å². The third kappa shape index (κ3) is 3.04. The fourth-order valence-electron chi connectivity index (χ4n) is 2.63. The van der Waals surface area contributed by atoms with Crippen molar-refractivity contribution in [3.8, 4) is 0 Å². The van der Waals surface area contributed by atoms with E-state index in [1.807, 2.05) is 0 Å². The van der Waals surface area contributed by atoms with E-state index in [9.17, 15) is 22.8 Å². The molecule has 1 saturated carbocycles. The first-order valence-corrected chi connectivity index (χ1v) is 7.28. The highest BCUT2D eigenvalue weighted by Crippen LogP contribution is 2.49. The number of anilines is 1. The highest BCUT2D eigenvalue weighted by Gasteiger charge is 2.51. The summed E-state index contributed by atoms with van der Waals surface area (Å²) in [6.45, 7) is 1.65. The van der Waals surface area contributed by atoms with Crippen molar-refractivity contribution in [3.05, 3.63) is 57.6 Å². The predicted molar refractivity (Wildman–Crippen MR) is 80.6 cm³/mol. The van der Waals surface area contributed by atoms with Crippen LogP contribution in [0.4, 0.5) is 19.0 Å². The second kappa shape index (κ2) is 5.47. The summed E-state index contributed by atoms with van der Waals surface area (Å²) in [6, 6.07) is 6.11. The molecule has 1 amide bonds. The maximum Gasteiger partial charge on any atom is 0.416 e. The second-order valence-corrected chi connectivity index (χ2v) is 5.87. The van der Waals surface area contributed by atoms with Gasteiger partial charge in [-0.25, -0.2) is 4.79 Å². The molecule has 2 aromatic rings. The van der Waals surface area contributed by atoms with Crippen LogP contribution in [0.2, 0.25) is 0 Å². The van der Waals surface area contributed by atoms with E-state index in [0.29, 0.717) is 24.1 Å². The molecule has 3 rings (SSSR count). The summed E-state index contributed by atoms with van der Waals surface area (Å²) in [7, 11) is 0. The SMILES string of the molecule is Cc1cc(NC(=O)C2(c3ccc(C(F)(F)F)cc3)CC2)nc(=O)[nH]1. The van der Waals surface area contributed by atoms with Crippen LogP contribution in [0, 0.1) is 6.92 Å². The number of alkyl halides is 3. The Morgan fingerprint density at radius 2 is 1.88 bits per heavy atom. The zero-order chi connectivity index (χ0) is 17.5. The Kier molecular flexibility index (Phi) is 3.70. The number of aromatic amines is 1. The van der Waals surface area contributed by atoms with Gasteiger partial charge in [0.05, 0.1) is 11.0 Å². The Morgan fingerprint density at radius 3 is 2.38 bits per heavy atom. The lowest BCUT2D eigenvalue weighted by Gasteiger charge is -2.16. The monoisotopic (exact) mass is 337 g/mol. The minimum atomic E-state index is -4.41. The molecule has 0 bridgehead atoms. The lowest BCUT2D eigenvalue weighted by Crippen LogP contribution is -2.29. The van der Waals surface area contributed by atoms with Crippen molar-refractivity contribution in [2.45, 2.75) is 31.4 Å². The lowest BCUT2D eigenvalue weighted by molar-refractivity contribution is -0.137. The maximum absolute atomic E-state index is 12.6. The van der Waals surface area contributed by atoms with Crippen LogP contribution in [0.1, 0.15) is 29.7 Å². The molecule has 0 atom stereocenters. The molecule has 24 heavy (non-hydrogen) atoms. The molecular weight excluding hydrogens is 323 g/mol. The second-order valence-electron chi connectivity index (χ2n) is 5.87. The summed E-state index contributed by atoms with van der Waals surface area (Å²) in [4.78, 5) is 30.0. The normalized spacial score (nSPS) is 15.8. The molecule has 0 saturated heterocycles. The fraction of sp³-hybridized carbons (Fsp3) is 0.312. The zero-order valence-electron chi connectivity index (χ0n) is 12.7. The molecule has 5 nitrogen and oxygen atoms in total. The van der Waals surface area contributed by atoms with E-state index in [1.54, 1.807) is 6.92 Å². The van der Waals surface area contributed by atoms with Crippen molar-refractivity contribution >= 4 is 11.7 Å². The lowest BCUT2D eigenvalue weighted by atomic mass is 9.94. The molecule has 1 aliphatic rings. The van der Waals surface area contributed by atoms with Crippen LogP contribution in [0.15, 0.2) is 35.1 Å².